The van der Waals surface area contributed by atoms with E-state index in [1.165, 1.54) is 0 Å². The van der Waals surface area contributed by atoms with E-state index in [4.69, 9.17) is 0 Å². The van der Waals surface area contributed by atoms with Crippen LogP contribution in [0.5, 0.6) is 0 Å². The van der Waals surface area contributed by atoms with Crippen molar-refractivity contribution >= 4 is 0 Å². The minimum atomic E-state index is -1.32. The van der Waals surface area contributed by atoms with Crippen molar-refractivity contribution in [1.29, 1.82) is 0 Å². The molecular formula is C20H36O4. The minimum Gasteiger partial charge on any atom is -0.390 e. The van der Waals surface area contributed by atoms with Gasteiger partial charge in [0, 0.05) is 5.41 Å². The molecule has 4 nitrogen and oxygen atoms in total. The lowest BCUT2D eigenvalue weighted by atomic mass is 9.42. The van der Waals surface area contributed by atoms with Crippen LogP contribution in [0.25, 0.3) is 0 Å². The molecule has 140 valence electrons. The minimum absolute atomic E-state index is 0.0859. The molecule has 4 heteroatoms. The van der Waals surface area contributed by atoms with Crippen LogP contribution in [-0.2, 0) is 0 Å². The van der Waals surface area contributed by atoms with E-state index < -0.39 is 28.8 Å². The van der Waals surface area contributed by atoms with Crippen LogP contribution in [-0.4, -0.2) is 43.8 Å². The molecule has 2 aliphatic rings. The Morgan fingerprint density at radius 1 is 1.25 bits per heavy atom. The van der Waals surface area contributed by atoms with Gasteiger partial charge in [0.2, 0.25) is 0 Å². The van der Waals surface area contributed by atoms with Gasteiger partial charge in [-0.25, -0.2) is 0 Å². The highest BCUT2D eigenvalue weighted by atomic mass is 16.4. The van der Waals surface area contributed by atoms with Crippen LogP contribution in [0.2, 0.25) is 0 Å². The van der Waals surface area contributed by atoms with Gasteiger partial charge in [0.25, 0.3) is 0 Å². The normalized spacial score (nSPS) is 51.5. The molecule has 0 saturated heterocycles. The molecular weight excluding hydrogens is 304 g/mol. The van der Waals surface area contributed by atoms with E-state index in [-0.39, 0.29) is 11.3 Å². The van der Waals surface area contributed by atoms with Gasteiger partial charge in [-0.3, -0.25) is 0 Å². The molecule has 0 bridgehead atoms. The molecule has 0 unspecified atom stereocenters. The number of hydrogen-bond acceptors (Lipinski definition) is 4. The van der Waals surface area contributed by atoms with Crippen LogP contribution in [0.15, 0.2) is 12.7 Å². The van der Waals surface area contributed by atoms with Crippen LogP contribution in [0.4, 0.5) is 0 Å². The van der Waals surface area contributed by atoms with Crippen molar-refractivity contribution in [1.82, 2.24) is 0 Å². The standard InChI is InChI=1S/C20H36O4/c1-7-17(3,23)10-11-18(4)13(2)8-9-19(5)15(18)12-14(21)16(22)20(19,6)24/h7,13-16,21-24H,1,8-12H2,2-6H3/t13-,14-,15-,16-,17+,18+,19-,20+/m1/s1. The van der Waals surface area contributed by atoms with Crippen LogP contribution < -0.4 is 0 Å². The fourth-order valence-electron chi connectivity index (χ4n) is 5.35. The lowest BCUT2D eigenvalue weighted by molar-refractivity contribution is -0.264. The predicted octanol–water partition coefficient (Wildman–Crippen LogP) is 2.64. The maximum atomic E-state index is 11.1. The second-order valence-corrected chi connectivity index (χ2v) is 9.37. The third-order valence-electron chi connectivity index (χ3n) is 7.97. The number of aliphatic hydroxyl groups excluding tert-OH is 2. The molecule has 0 radical (unpaired) electrons. The summed E-state index contributed by atoms with van der Waals surface area (Å²) in [6.45, 7) is 13.7. The molecule has 2 saturated carbocycles. The van der Waals surface area contributed by atoms with Gasteiger partial charge in [-0.05, 0) is 63.2 Å². The molecule has 4 N–H and O–H groups in total. The van der Waals surface area contributed by atoms with Crippen molar-refractivity contribution in [2.75, 3.05) is 0 Å². The molecule has 0 aromatic rings. The van der Waals surface area contributed by atoms with E-state index in [0.717, 1.165) is 19.3 Å². The van der Waals surface area contributed by atoms with E-state index in [0.29, 0.717) is 18.8 Å². The maximum absolute atomic E-state index is 11.1. The van der Waals surface area contributed by atoms with Gasteiger partial charge in [-0.1, -0.05) is 26.8 Å². The lowest BCUT2D eigenvalue weighted by Gasteiger charge is -2.64. The Balaban J connectivity index is 2.39. The monoisotopic (exact) mass is 340 g/mol. The Bertz CT molecular complexity index is 486. The number of fused-ring (bicyclic) bond motifs is 1. The van der Waals surface area contributed by atoms with Gasteiger partial charge < -0.3 is 20.4 Å². The average Bonchev–Trinajstić information content (AvgIpc) is 2.51. The SMILES string of the molecule is C=C[C@](C)(O)CC[C@@]1(C)[C@H](C)CC[C@]2(C)[C@@H]1C[C@@H](O)[C@@H](O)[C@]2(C)O. The summed E-state index contributed by atoms with van der Waals surface area (Å²) in [5.41, 5.74) is -2.80. The molecule has 2 aliphatic carbocycles. The first kappa shape index (κ1) is 19.9. The molecule has 0 aromatic carbocycles. The first-order valence-electron chi connectivity index (χ1n) is 9.26. The molecule has 0 amide bonds. The largest absolute Gasteiger partial charge is 0.390 e. The first-order valence-corrected chi connectivity index (χ1v) is 9.26. The molecule has 8 atom stereocenters. The first-order chi connectivity index (χ1) is 10.8. The Labute approximate surface area is 146 Å². The summed E-state index contributed by atoms with van der Waals surface area (Å²) in [6.07, 6.45) is 3.25. The molecule has 24 heavy (non-hydrogen) atoms. The third kappa shape index (κ3) is 2.86. The number of aliphatic hydroxyl groups is 4. The lowest BCUT2D eigenvalue weighted by Crippen LogP contribution is -2.68. The van der Waals surface area contributed by atoms with Gasteiger partial charge in [-0.15, -0.1) is 6.58 Å². The average molecular weight is 341 g/mol. The van der Waals surface area contributed by atoms with Gasteiger partial charge >= 0.3 is 0 Å². The molecule has 0 aliphatic heterocycles. The van der Waals surface area contributed by atoms with Crippen molar-refractivity contribution in [3.63, 3.8) is 0 Å². The van der Waals surface area contributed by atoms with Gasteiger partial charge in [0.15, 0.2) is 0 Å². The van der Waals surface area contributed by atoms with Crippen LogP contribution in [0, 0.1) is 22.7 Å². The van der Waals surface area contributed by atoms with E-state index in [1.54, 1.807) is 19.9 Å². The molecule has 2 fully saturated rings. The van der Waals surface area contributed by atoms with Crippen molar-refractivity contribution < 1.29 is 20.4 Å². The van der Waals surface area contributed by atoms with Crippen molar-refractivity contribution in [3.8, 4) is 0 Å². The Kier molecular flexibility index (Phi) is 5.04. The highest BCUT2D eigenvalue weighted by Gasteiger charge is 2.64. The molecule has 2 rings (SSSR count). The second kappa shape index (κ2) is 6.08. The smallest absolute Gasteiger partial charge is 0.109 e. The summed E-state index contributed by atoms with van der Waals surface area (Å²) in [5, 5.41) is 42.2. The summed E-state index contributed by atoms with van der Waals surface area (Å²) in [6, 6.07) is 0. The van der Waals surface area contributed by atoms with Crippen molar-refractivity contribution in [2.45, 2.75) is 90.1 Å². The third-order valence-corrected chi connectivity index (χ3v) is 7.97. The molecule has 0 heterocycles. The van der Waals surface area contributed by atoms with E-state index >= 15 is 0 Å². The zero-order valence-electron chi connectivity index (χ0n) is 15.9. The van der Waals surface area contributed by atoms with Crippen LogP contribution >= 0.6 is 0 Å². The zero-order chi connectivity index (χ0) is 18.6. The van der Waals surface area contributed by atoms with Gasteiger partial charge in [-0.2, -0.15) is 0 Å². The van der Waals surface area contributed by atoms with Crippen LogP contribution in [0.1, 0.15) is 66.7 Å². The van der Waals surface area contributed by atoms with E-state index in [1.807, 2.05) is 0 Å². The maximum Gasteiger partial charge on any atom is 0.109 e. The summed E-state index contributed by atoms with van der Waals surface area (Å²) < 4.78 is 0. The van der Waals surface area contributed by atoms with Crippen molar-refractivity contribution in [2.24, 2.45) is 22.7 Å². The topological polar surface area (TPSA) is 80.9 Å². The second-order valence-electron chi connectivity index (χ2n) is 9.37. The summed E-state index contributed by atoms with van der Waals surface area (Å²) >= 11 is 0. The van der Waals surface area contributed by atoms with Gasteiger partial charge in [0.1, 0.15) is 6.10 Å². The summed E-state index contributed by atoms with van der Waals surface area (Å²) in [5.74, 6) is 0.511. The van der Waals surface area contributed by atoms with Crippen molar-refractivity contribution in [3.05, 3.63) is 12.7 Å². The molecule has 0 spiro atoms. The fourth-order valence-corrected chi connectivity index (χ4v) is 5.35. The molecule has 0 aromatic heterocycles. The summed E-state index contributed by atoms with van der Waals surface area (Å²) in [7, 11) is 0. The van der Waals surface area contributed by atoms with Crippen LogP contribution in [0.3, 0.4) is 0 Å². The predicted molar refractivity (Wildman–Crippen MR) is 95.4 cm³/mol. The van der Waals surface area contributed by atoms with E-state index in [2.05, 4.69) is 27.4 Å². The fraction of sp³-hybridized carbons (Fsp3) is 0.900. The summed E-state index contributed by atoms with van der Waals surface area (Å²) in [4.78, 5) is 0. The highest BCUT2D eigenvalue weighted by molar-refractivity contribution is 5.14. The Morgan fingerprint density at radius 3 is 2.38 bits per heavy atom. The zero-order valence-corrected chi connectivity index (χ0v) is 15.9. The van der Waals surface area contributed by atoms with Gasteiger partial charge in [0.05, 0.1) is 17.3 Å². The number of rotatable bonds is 4. The van der Waals surface area contributed by atoms with E-state index in [9.17, 15) is 20.4 Å². The highest BCUT2D eigenvalue weighted by Crippen LogP contribution is 2.64. The quantitative estimate of drug-likeness (QED) is 0.593. The Morgan fingerprint density at radius 2 is 1.83 bits per heavy atom. The number of hydrogen-bond donors (Lipinski definition) is 4. The Hall–Kier alpha value is -0.420.